The van der Waals surface area contributed by atoms with Crippen LogP contribution in [0.4, 0.5) is 4.39 Å². The number of fused-ring (bicyclic) bond motifs is 2. The minimum atomic E-state index is -2.04. The van der Waals surface area contributed by atoms with E-state index >= 15 is 0 Å². The van der Waals surface area contributed by atoms with Crippen LogP contribution in [0.15, 0.2) is 30.6 Å². The number of pyridine rings is 3. The average Bonchev–Trinajstić information content (AvgIpc) is 2.89. The van der Waals surface area contributed by atoms with Gasteiger partial charge in [-0.2, -0.15) is 0 Å². The van der Waals surface area contributed by atoms with E-state index < -0.39 is 18.0 Å². The smallest absolute Gasteiger partial charge is 0.213 e. The highest BCUT2D eigenvalue weighted by Crippen LogP contribution is 2.29. The average molecular weight is 472 g/mol. The van der Waals surface area contributed by atoms with Crippen molar-refractivity contribution in [3.63, 3.8) is 0 Å². The number of methoxy groups -OCH3 is 1. The van der Waals surface area contributed by atoms with Crippen LogP contribution in [0.5, 0.6) is 17.4 Å². The largest absolute Gasteiger partial charge is 0.486 e. The summed E-state index contributed by atoms with van der Waals surface area (Å²) in [4.78, 5) is 12.7. The Balaban J connectivity index is 1.20. The van der Waals surface area contributed by atoms with Gasteiger partial charge < -0.3 is 29.4 Å². The number of rotatable bonds is 7. The zero-order chi connectivity index (χ0) is 24.4. The Morgan fingerprint density at radius 3 is 2.88 bits per heavy atom. The molecule has 0 bridgehead atoms. The van der Waals surface area contributed by atoms with Gasteiger partial charge >= 0.3 is 0 Å². The quantitative estimate of drug-likeness (QED) is 0.536. The lowest BCUT2D eigenvalue weighted by molar-refractivity contribution is -0.0719. The molecule has 2 N–H and O–H groups in total. The van der Waals surface area contributed by atoms with Crippen LogP contribution in [0, 0.1) is 5.82 Å². The Morgan fingerprint density at radius 1 is 1.24 bits per heavy atom. The van der Waals surface area contributed by atoms with Crippen molar-refractivity contribution in [2.75, 3.05) is 26.9 Å². The molecule has 1 fully saturated rings. The third kappa shape index (κ3) is 4.89. The summed E-state index contributed by atoms with van der Waals surface area (Å²) >= 11 is 0. The van der Waals surface area contributed by atoms with Crippen LogP contribution in [-0.2, 0) is 17.7 Å². The Morgan fingerprint density at radius 2 is 2.09 bits per heavy atom. The molecule has 0 amide bonds. The number of ether oxygens (including phenoxy) is 4. The number of aromatic nitrogens is 3. The molecular weight excluding hydrogens is 443 g/mol. The summed E-state index contributed by atoms with van der Waals surface area (Å²) in [5, 5.41) is 14.3. The van der Waals surface area contributed by atoms with Crippen LogP contribution < -0.4 is 19.5 Å². The van der Waals surface area contributed by atoms with E-state index in [1.54, 1.807) is 18.3 Å². The lowest BCUT2D eigenvalue weighted by Gasteiger charge is -2.32. The first-order valence-electron chi connectivity index (χ1n) is 11.7. The first-order chi connectivity index (χ1) is 16.9. The van der Waals surface area contributed by atoms with Crippen molar-refractivity contribution in [2.24, 2.45) is 0 Å². The SMILES string of the molecule is [2H][C@](O)(Cc1c(F)cnc2ccc(OC)nc12)[C@@H]1CCC(NCc2cc3c(cn2)OCCO3)CO1. The number of nitrogens with one attached hydrogen (secondary N) is 1. The van der Waals surface area contributed by atoms with Crippen LogP contribution in [0.3, 0.4) is 0 Å². The highest BCUT2D eigenvalue weighted by molar-refractivity contribution is 5.78. The molecule has 3 aromatic rings. The lowest BCUT2D eigenvalue weighted by Crippen LogP contribution is -2.44. The summed E-state index contributed by atoms with van der Waals surface area (Å²) in [6.45, 7) is 1.86. The maximum absolute atomic E-state index is 14.7. The molecule has 10 heteroatoms. The molecule has 3 atom stereocenters. The maximum Gasteiger partial charge on any atom is 0.213 e. The molecule has 0 saturated carbocycles. The summed E-state index contributed by atoms with van der Waals surface area (Å²) in [6.07, 6.45) is 0.752. The maximum atomic E-state index is 14.7. The van der Waals surface area contributed by atoms with Crippen molar-refractivity contribution in [1.82, 2.24) is 20.3 Å². The topological polar surface area (TPSA) is 108 Å². The normalized spacial score (nSPS) is 22.1. The predicted molar refractivity (Wildman–Crippen MR) is 121 cm³/mol. The lowest BCUT2D eigenvalue weighted by atomic mass is 9.96. The van der Waals surface area contributed by atoms with Gasteiger partial charge in [-0.1, -0.05) is 0 Å². The van der Waals surface area contributed by atoms with E-state index in [-0.39, 0.29) is 23.5 Å². The zero-order valence-corrected chi connectivity index (χ0v) is 18.8. The second kappa shape index (κ2) is 10.0. The highest BCUT2D eigenvalue weighted by Gasteiger charge is 2.29. The molecule has 34 heavy (non-hydrogen) atoms. The van der Waals surface area contributed by atoms with Crippen molar-refractivity contribution in [3.05, 3.63) is 47.7 Å². The molecule has 5 heterocycles. The van der Waals surface area contributed by atoms with Crippen LogP contribution in [0.1, 0.15) is 25.5 Å². The molecule has 2 aliphatic rings. The van der Waals surface area contributed by atoms with Crippen molar-refractivity contribution < 1.29 is 29.8 Å². The van der Waals surface area contributed by atoms with Gasteiger partial charge in [0, 0.05) is 36.7 Å². The van der Waals surface area contributed by atoms with Crippen molar-refractivity contribution in [2.45, 2.75) is 44.0 Å². The van der Waals surface area contributed by atoms with Gasteiger partial charge in [0.2, 0.25) is 5.88 Å². The minimum absolute atomic E-state index is 0.0291. The molecule has 0 radical (unpaired) electrons. The third-order valence-electron chi connectivity index (χ3n) is 6.01. The number of hydrogen-bond donors (Lipinski definition) is 2. The van der Waals surface area contributed by atoms with Gasteiger partial charge in [-0.05, 0) is 18.9 Å². The fourth-order valence-electron chi connectivity index (χ4n) is 4.16. The van der Waals surface area contributed by atoms with Gasteiger partial charge in [-0.25, -0.2) is 9.37 Å². The molecule has 1 unspecified atom stereocenters. The van der Waals surface area contributed by atoms with Crippen molar-refractivity contribution in [1.29, 1.82) is 0 Å². The van der Waals surface area contributed by atoms with E-state index in [0.29, 0.717) is 62.1 Å². The Hall–Kier alpha value is -3.08. The van der Waals surface area contributed by atoms with Gasteiger partial charge in [-0.3, -0.25) is 9.97 Å². The van der Waals surface area contributed by atoms with Crippen LogP contribution in [0.25, 0.3) is 11.0 Å². The first-order valence-corrected chi connectivity index (χ1v) is 11.2. The van der Waals surface area contributed by atoms with Crippen LogP contribution in [0.2, 0.25) is 0 Å². The molecule has 0 aliphatic carbocycles. The van der Waals surface area contributed by atoms with E-state index in [1.807, 2.05) is 6.07 Å². The molecule has 0 spiro atoms. The summed E-state index contributed by atoms with van der Waals surface area (Å²) in [7, 11) is 1.46. The second-order valence-corrected chi connectivity index (χ2v) is 8.27. The van der Waals surface area contributed by atoms with E-state index in [9.17, 15) is 9.50 Å². The summed E-state index contributed by atoms with van der Waals surface area (Å²) in [5.41, 5.74) is 1.65. The van der Waals surface area contributed by atoms with E-state index in [2.05, 4.69) is 20.3 Å². The molecule has 0 aromatic carbocycles. The van der Waals surface area contributed by atoms with Gasteiger partial charge in [-0.15, -0.1) is 0 Å². The van der Waals surface area contributed by atoms with E-state index in [4.69, 9.17) is 20.3 Å². The Kier molecular flexibility index (Phi) is 6.34. The second-order valence-electron chi connectivity index (χ2n) is 8.27. The Labute approximate surface area is 197 Å². The monoisotopic (exact) mass is 471 g/mol. The predicted octanol–water partition coefficient (Wildman–Crippen LogP) is 2.18. The van der Waals surface area contributed by atoms with E-state index in [1.165, 1.54) is 7.11 Å². The van der Waals surface area contributed by atoms with Gasteiger partial charge in [0.05, 0.1) is 56.4 Å². The molecule has 180 valence electrons. The van der Waals surface area contributed by atoms with Gasteiger partial charge in [0.25, 0.3) is 0 Å². The van der Waals surface area contributed by atoms with Gasteiger partial charge in [0.15, 0.2) is 11.5 Å². The number of hydrogen-bond acceptors (Lipinski definition) is 9. The number of aliphatic hydroxyl groups is 1. The number of halogens is 1. The van der Waals surface area contributed by atoms with Gasteiger partial charge in [0.1, 0.15) is 19.0 Å². The highest BCUT2D eigenvalue weighted by atomic mass is 19.1. The minimum Gasteiger partial charge on any atom is -0.486 e. The van der Waals surface area contributed by atoms with Crippen LogP contribution >= 0.6 is 0 Å². The summed E-state index contributed by atoms with van der Waals surface area (Å²) in [6, 6.07) is 5.17. The fourth-order valence-corrected chi connectivity index (χ4v) is 4.16. The molecule has 5 rings (SSSR count). The van der Waals surface area contributed by atoms with Crippen molar-refractivity contribution >= 4 is 11.0 Å². The molecular formula is C24H27FN4O5. The molecule has 9 nitrogen and oxygen atoms in total. The van der Waals surface area contributed by atoms with E-state index in [0.717, 1.165) is 11.9 Å². The van der Waals surface area contributed by atoms with Crippen LogP contribution in [-0.4, -0.2) is 65.2 Å². The molecule has 2 aliphatic heterocycles. The van der Waals surface area contributed by atoms with Crippen molar-refractivity contribution in [3.8, 4) is 17.4 Å². The fraction of sp³-hybridized carbons (Fsp3) is 0.458. The Bertz CT molecular complexity index is 1210. The first kappa shape index (κ1) is 21.5. The summed E-state index contributed by atoms with van der Waals surface area (Å²) < 4.78 is 45.3. The molecule has 3 aromatic heterocycles. The molecule has 1 saturated heterocycles. The third-order valence-corrected chi connectivity index (χ3v) is 6.01. The summed E-state index contributed by atoms with van der Waals surface area (Å²) in [5.74, 6) is 0.997. The number of nitrogens with zero attached hydrogens (tertiary/aromatic N) is 3. The standard InChI is InChI=1S/C24H27FN4O5/c1-31-23-5-3-18-24(29-23)16(17(25)11-28-18)9-19(30)20-4-2-14(13-34-20)26-10-15-8-21-22(12-27-15)33-7-6-32-21/h3,5,8,11-12,14,19-20,26,30H,2,4,6-7,9-10,13H2,1H3/t14?,19-,20-/m0/s1/i19D. The zero-order valence-electron chi connectivity index (χ0n) is 19.8.